The second-order valence-corrected chi connectivity index (χ2v) is 5.30. The van der Waals surface area contributed by atoms with Gasteiger partial charge in [0.15, 0.2) is 0 Å². The molecule has 2 N–H and O–H groups in total. The van der Waals surface area contributed by atoms with E-state index in [1.54, 1.807) is 0 Å². The van der Waals surface area contributed by atoms with E-state index in [2.05, 4.69) is 22.5 Å². The highest BCUT2D eigenvalue weighted by molar-refractivity contribution is 7.99. The third-order valence-corrected chi connectivity index (χ3v) is 3.88. The second-order valence-electron chi connectivity index (χ2n) is 3.10. The smallest absolute Gasteiger partial charge is 0.123 e. The molecule has 0 aliphatic rings. The zero-order valence-corrected chi connectivity index (χ0v) is 9.85. The number of rotatable bonds is 4. The highest BCUT2D eigenvalue weighted by atomic mass is 32.2. The average Bonchev–Trinajstić information content (AvgIpc) is 2.74. The Morgan fingerprint density at radius 1 is 1.33 bits per heavy atom. The molecule has 2 aromatic heterocycles. The van der Waals surface area contributed by atoms with E-state index in [1.807, 2.05) is 41.4 Å². The normalized spacial score (nSPS) is 10.4. The summed E-state index contributed by atoms with van der Waals surface area (Å²) in [5, 5.41) is 2.12. The SMILES string of the molecule is Nc1ccc(SCCc2cccs2)cn1. The molecule has 0 bridgehead atoms. The summed E-state index contributed by atoms with van der Waals surface area (Å²) in [4.78, 5) is 6.67. The van der Waals surface area contributed by atoms with E-state index in [0.717, 1.165) is 12.2 Å². The molecule has 15 heavy (non-hydrogen) atoms. The summed E-state index contributed by atoms with van der Waals surface area (Å²) in [6.45, 7) is 0. The maximum Gasteiger partial charge on any atom is 0.123 e. The fourth-order valence-corrected chi connectivity index (χ4v) is 2.89. The van der Waals surface area contributed by atoms with Crippen molar-refractivity contribution in [2.45, 2.75) is 11.3 Å². The van der Waals surface area contributed by atoms with Crippen LogP contribution in [-0.4, -0.2) is 10.7 Å². The molecular weight excluding hydrogens is 224 g/mol. The molecule has 2 heterocycles. The van der Waals surface area contributed by atoms with Crippen LogP contribution in [0.2, 0.25) is 0 Å². The molecule has 0 aromatic carbocycles. The first-order valence-corrected chi connectivity index (χ1v) is 6.58. The molecule has 2 rings (SSSR count). The number of hydrogen-bond acceptors (Lipinski definition) is 4. The highest BCUT2D eigenvalue weighted by Gasteiger charge is 1.97. The summed E-state index contributed by atoms with van der Waals surface area (Å²) in [6, 6.07) is 8.12. The molecule has 0 radical (unpaired) electrons. The number of pyridine rings is 1. The van der Waals surface area contributed by atoms with Crippen LogP contribution in [0.3, 0.4) is 0 Å². The van der Waals surface area contributed by atoms with E-state index < -0.39 is 0 Å². The highest BCUT2D eigenvalue weighted by Crippen LogP contribution is 2.20. The van der Waals surface area contributed by atoms with Gasteiger partial charge in [0.25, 0.3) is 0 Å². The zero-order chi connectivity index (χ0) is 10.5. The van der Waals surface area contributed by atoms with E-state index >= 15 is 0 Å². The Morgan fingerprint density at radius 2 is 2.27 bits per heavy atom. The Bertz CT molecular complexity index is 395. The number of aryl methyl sites for hydroxylation is 1. The molecule has 4 heteroatoms. The largest absolute Gasteiger partial charge is 0.384 e. The van der Waals surface area contributed by atoms with Crippen LogP contribution < -0.4 is 5.73 Å². The van der Waals surface area contributed by atoms with Gasteiger partial charge in [-0.2, -0.15) is 0 Å². The molecule has 0 fully saturated rings. The predicted molar refractivity (Wildman–Crippen MR) is 67.4 cm³/mol. The third-order valence-electron chi connectivity index (χ3n) is 1.96. The topological polar surface area (TPSA) is 38.9 Å². The summed E-state index contributed by atoms with van der Waals surface area (Å²) >= 11 is 3.63. The molecule has 0 atom stereocenters. The molecule has 0 amide bonds. The van der Waals surface area contributed by atoms with Crippen LogP contribution in [0.5, 0.6) is 0 Å². The van der Waals surface area contributed by atoms with Crippen LogP contribution in [0, 0.1) is 0 Å². The van der Waals surface area contributed by atoms with Crippen molar-refractivity contribution in [3.63, 3.8) is 0 Å². The van der Waals surface area contributed by atoms with E-state index in [1.165, 1.54) is 9.77 Å². The van der Waals surface area contributed by atoms with Crippen LogP contribution in [0.4, 0.5) is 5.82 Å². The van der Waals surface area contributed by atoms with Gasteiger partial charge in [-0.05, 0) is 30.0 Å². The van der Waals surface area contributed by atoms with E-state index in [4.69, 9.17) is 5.73 Å². The van der Waals surface area contributed by atoms with Crippen molar-refractivity contribution in [3.05, 3.63) is 40.7 Å². The molecule has 0 aliphatic carbocycles. The maximum atomic E-state index is 5.51. The summed E-state index contributed by atoms with van der Waals surface area (Å²) in [6.07, 6.45) is 2.95. The number of nitrogens with two attached hydrogens (primary N) is 1. The quantitative estimate of drug-likeness (QED) is 0.829. The number of thiophene rings is 1. The number of nitrogen functional groups attached to an aromatic ring is 1. The Hall–Kier alpha value is -1.00. The van der Waals surface area contributed by atoms with Gasteiger partial charge in [0.1, 0.15) is 5.82 Å². The molecule has 0 saturated carbocycles. The van der Waals surface area contributed by atoms with E-state index in [0.29, 0.717) is 5.82 Å². The first kappa shape index (κ1) is 10.5. The van der Waals surface area contributed by atoms with Crippen LogP contribution in [-0.2, 0) is 6.42 Å². The van der Waals surface area contributed by atoms with E-state index in [9.17, 15) is 0 Å². The molecule has 78 valence electrons. The van der Waals surface area contributed by atoms with Gasteiger partial charge in [-0.25, -0.2) is 4.98 Å². The average molecular weight is 236 g/mol. The van der Waals surface area contributed by atoms with Gasteiger partial charge < -0.3 is 5.73 Å². The van der Waals surface area contributed by atoms with Crippen LogP contribution in [0.25, 0.3) is 0 Å². The lowest BCUT2D eigenvalue weighted by molar-refractivity contribution is 1.19. The van der Waals surface area contributed by atoms with Gasteiger partial charge in [-0.1, -0.05) is 6.07 Å². The van der Waals surface area contributed by atoms with Crippen molar-refractivity contribution in [1.29, 1.82) is 0 Å². The molecule has 0 aliphatic heterocycles. The first-order valence-electron chi connectivity index (χ1n) is 4.71. The summed E-state index contributed by atoms with van der Waals surface area (Å²) in [5.74, 6) is 1.67. The predicted octanol–water partition coefficient (Wildman–Crippen LogP) is 3.06. The number of aromatic nitrogens is 1. The molecule has 0 spiro atoms. The number of hydrogen-bond donors (Lipinski definition) is 1. The first-order chi connectivity index (χ1) is 7.34. The lowest BCUT2D eigenvalue weighted by atomic mass is 10.4. The van der Waals surface area contributed by atoms with Crippen molar-refractivity contribution in [1.82, 2.24) is 4.98 Å². The lowest BCUT2D eigenvalue weighted by Gasteiger charge is -2.00. The zero-order valence-electron chi connectivity index (χ0n) is 8.22. The molecular formula is C11H12N2S2. The van der Waals surface area contributed by atoms with Crippen molar-refractivity contribution in [2.24, 2.45) is 0 Å². The minimum atomic E-state index is 0.581. The van der Waals surface area contributed by atoms with Gasteiger partial charge in [-0.15, -0.1) is 23.1 Å². The fourth-order valence-electron chi connectivity index (χ4n) is 1.20. The minimum Gasteiger partial charge on any atom is -0.384 e. The van der Waals surface area contributed by atoms with E-state index in [-0.39, 0.29) is 0 Å². The maximum absolute atomic E-state index is 5.51. The number of anilines is 1. The Labute approximate surface area is 97.5 Å². The van der Waals surface area contributed by atoms with Crippen LogP contribution >= 0.6 is 23.1 Å². The third kappa shape index (κ3) is 3.25. The second kappa shape index (κ2) is 5.19. The minimum absolute atomic E-state index is 0.581. The van der Waals surface area contributed by atoms with Crippen LogP contribution in [0.1, 0.15) is 4.88 Å². The monoisotopic (exact) mass is 236 g/mol. The van der Waals surface area contributed by atoms with Crippen molar-refractivity contribution < 1.29 is 0 Å². The van der Waals surface area contributed by atoms with Gasteiger partial charge in [0.05, 0.1) is 0 Å². The Kier molecular flexibility index (Phi) is 3.64. The standard InChI is InChI=1S/C11H12N2S2/c12-11-4-3-10(8-13-11)15-7-5-9-2-1-6-14-9/h1-4,6,8H,5,7H2,(H2,12,13). The molecule has 0 unspecified atom stereocenters. The number of thioether (sulfide) groups is 1. The summed E-state index contributed by atoms with van der Waals surface area (Å²) in [7, 11) is 0. The van der Waals surface area contributed by atoms with Crippen LogP contribution in [0.15, 0.2) is 40.7 Å². The van der Waals surface area contributed by atoms with Gasteiger partial charge in [-0.3, -0.25) is 0 Å². The summed E-state index contributed by atoms with van der Waals surface area (Å²) in [5.41, 5.74) is 5.51. The van der Waals surface area contributed by atoms with Gasteiger partial charge >= 0.3 is 0 Å². The van der Waals surface area contributed by atoms with Crippen molar-refractivity contribution >= 4 is 28.9 Å². The van der Waals surface area contributed by atoms with Gasteiger partial charge in [0, 0.05) is 21.7 Å². The number of nitrogens with zero attached hydrogens (tertiary/aromatic N) is 1. The lowest BCUT2D eigenvalue weighted by Crippen LogP contribution is -1.89. The fraction of sp³-hybridized carbons (Fsp3) is 0.182. The van der Waals surface area contributed by atoms with Gasteiger partial charge in [0.2, 0.25) is 0 Å². The van der Waals surface area contributed by atoms with Crippen molar-refractivity contribution in [2.75, 3.05) is 11.5 Å². The molecule has 2 aromatic rings. The molecule has 2 nitrogen and oxygen atoms in total. The Balaban J connectivity index is 1.81. The summed E-state index contributed by atoms with van der Waals surface area (Å²) < 4.78 is 0. The van der Waals surface area contributed by atoms with Crippen molar-refractivity contribution in [3.8, 4) is 0 Å². The Morgan fingerprint density at radius 3 is 2.93 bits per heavy atom. The molecule has 0 saturated heterocycles.